The van der Waals surface area contributed by atoms with E-state index in [1.165, 1.54) is 12.4 Å². The van der Waals surface area contributed by atoms with E-state index in [-0.39, 0.29) is 23.6 Å². The lowest BCUT2D eigenvalue weighted by Gasteiger charge is -2.22. The molecule has 5 N–H and O–H groups in total. The fraction of sp³-hybridized carbons (Fsp3) is 0.222. The van der Waals surface area contributed by atoms with E-state index in [1.54, 1.807) is 24.2 Å². The van der Waals surface area contributed by atoms with E-state index in [9.17, 15) is 4.79 Å². The molecule has 9 nitrogen and oxygen atoms in total. The Hall–Kier alpha value is -3.46. The molecule has 2 unspecified atom stereocenters. The fourth-order valence-corrected chi connectivity index (χ4v) is 2.79. The molecule has 1 aromatic carbocycles. The van der Waals surface area contributed by atoms with Gasteiger partial charge in [0.2, 0.25) is 0 Å². The monoisotopic (exact) mass is 367 g/mol. The number of rotatable bonds is 6. The Morgan fingerprint density at radius 3 is 2.78 bits per heavy atom. The minimum absolute atomic E-state index is 0.0572. The van der Waals surface area contributed by atoms with Crippen LogP contribution in [0.3, 0.4) is 0 Å². The molecule has 0 aliphatic rings. The number of amides is 1. The van der Waals surface area contributed by atoms with Crippen molar-refractivity contribution in [3.63, 3.8) is 0 Å². The highest BCUT2D eigenvalue weighted by Crippen LogP contribution is 2.25. The van der Waals surface area contributed by atoms with E-state index in [0.717, 1.165) is 11.3 Å². The molecule has 2 atom stereocenters. The summed E-state index contributed by atoms with van der Waals surface area (Å²) in [7, 11) is 1.61. The van der Waals surface area contributed by atoms with Crippen molar-refractivity contribution in [3.8, 4) is 5.75 Å². The number of nitrogens with one attached hydrogen (secondary N) is 1. The zero-order valence-electron chi connectivity index (χ0n) is 15.0. The summed E-state index contributed by atoms with van der Waals surface area (Å²) >= 11 is 0. The van der Waals surface area contributed by atoms with Crippen LogP contribution in [0.1, 0.15) is 29.0 Å². The molecule has 140 valence electrons. The van der Waals surface area contributed by atoms with E-state index >= 15 is 0 Å². The first kappa shape index (κ1) is 18.3. The standard InChI is InChI=1S/C18H21N7O2/c1-11(19)16(12-4-3-5-14(8-12)27-2)25-10-13(9-23-25)24-18(26)15-17(20)22-7-6-21-15/h3-11,16H,19H2,1-2H3,(H2,20,22)(H,24,26). The van der Waals surface area contributed by atoms with Crippen LogP contribution in [0, 0.1) is 0 Å². The van der Waals surface area contributed by atoms with Crippen LogP contribution in [0.15, 0.2) is 49.1 Å². The van der Waals surface area contributed by atoms with Crippen LogP contribution in [0.5, 0.6) is 5.75 Å². The Balaban J connectivity index is 1.84. The largest absolute Gasteiger partial charge is 0.497 e. The van der Waals surface area contributed by atoms with Gasteiger partial charge in [0.25, 0.3) is 5.91 Å². The van der Waals surface area contributed by atoms with Gasteiger partial charge in [-0.15, -0.1) is 0 Å². The second kappa shape index (κ2) is 7.83. The highest BCUT2D eigenvalue weighted by atomic mass is 16.5. The van der Waals surface area contributed by atoms with Gasteiger partial charge in [0.1, 0.15) is 5.75 Å². The summed E-state index contributed by atoms with van der Waals surface area (Å²) in [6, 6.07) is 7.17. The molecule has 2 aromatic heterocycles. The second-order valence-corrected chi connectivity index (χ2v) is 6.03. The average Bonchev–Trinajstić information content (AvgIpc) is 3.09. The number of aromatic nitrogens is 4. The normalized spacial score (nSPS) is 13.0. The van der Waals surface area contributed by atoms with Gasteiger partial charge in [-0.25, -0.2) is 9.97 Å². The predicted octanol–water partition coefficient (Wildman–Crippen LogP) is 1.45. The Kier molecular flexibility index (Phi) is 5.32. The van der Waals surface area contributed by atoms with Gasteiger partial charge in [0.15, 0.2) is 11.5 Å². The predicted molar refractivity (Wildman–Crippen MR) is 101 cm³/mol. The van der Waals surface area contributed by atoms with Crippen molar-refractivity contribution in [1.29, 1.82) is 0 Å². The Bertz CT molecular complexity index is 939. The summed E-state index contributed by atoms with van der Waals surface area (Å²) in [5.74, 6) is 0.336. The Morgan fingerprint density at radius 2 is 2.07 bits per heavy atom. The summed E-state index contributed by atoms with van der Waals surface area (Å²) in [6.45, 7) is 1.89. The number of hydrogen-bond acceptors (Lipinski definition) is 7. The fourth-order valence-electron chi connectivity index (χ4n) is 2.79. The van der Waals surface area contributed by atoms with Gasteiger partial charge in [0, 0.05) is 24.6 Å². The van der Waals surface area contributed by atoms with Gasteiger partial charge in [0.05, 0.1) is 25.0 Å². The lowest BCUT2D eigenvalue weighted by atomic mass is 10.0. The van der Waals surface area contributed by atoms with E-state index in [1.807, 2.05) is 31.2 Å². The van der Waals surface area contributed by atoms with Crippen LogP contribution in [-0.2, 0) is 0 Å². The average molecular weight is 367 g/mol. The minimum Gasteiger partial charge on any atom is -0.497 e. The van der Waals surface area contributed by atoms with Crippen molar-refractivity contribution >= 4 is 17.4 Å². The Morgan fingerprint density at radius 1 is 1.30 bits per heavy atom. The molecule has 0 radical (unpaired) electrons. The number of ether oxygens (including phenoxy) is 1. The minimum atomic E-state index is -0.459. The first-order chi connectivity index (χ1) is 13.0. The Labute approximate surface area is 156 Å². The van der Waals surface area contributed by atoms with E-state index in [0.29, 0.717) is 5.69 Å². The summed E-state index contributed by atoms with van der Waals surface area (Å²) in [5.41, 5.74) is 13.4. The van der Waals surface area contributed by atoms with Gasteiger partial charge < -0.3 is 21.5 Å². The maximum atomic E-state index is 12.3. The van der Waals surface area contributed by atoms with Crippen molar-refractivity contribution in [1.82, 2.24) is 19.7 Å². The lowest BCUT2D eigenvalue weighted by Crippen LogP contribution is -2.30. The highest BCUT2D eigenvalue weighted by molar-refractivity contribution is 6.05. The van der Waals surface area contributed by atoms with Gasteiger partial charge in [-0.3, -0.25) is 9.48 Å². The third-order valence-electron chi connectivity index (χ3n) is 4.02. The maximum Gasteiger partial charge on any atom is 0.278 e. The third-order valence-corrected chi connectivity index (χ3v) is 4.02. The molecule has 2 heterocycles. The zero-order chi connectivity index (χ0) is 19.4. The van der Waals surface area contributed by atoms with Crippen molar-refractivity contribution in [3.05, 3.63) is 60.3 Å². The molecule has 0 fully saturated rings. The van der Waals surface area contributed by atoms with Crippen LogP contribution in [0.2, 0.25) is 0 Å². The number of nitrogens with zero attached hydrogens (tertiary/aromatic N) is 4. The molecular formula is C18H21N7O2. The zero-order valence-corrected chi connectivity index (χ0v) is 15.0. The number of carbonyl (C=O) groups excluding carboxylic acids is 1. The van der Waals surface area contributed by atoms with Crippen LogP contribution in [0.25, 0.3) is 0 Å². The van der Waals surface area contributed by atoms with Crippen molar-refractivity contribution in [2.24, 2.45) is 5.73 Å². The number of methoxy groups -OCH3 is 1. The number of carbonyl (C=O) groups is 1. The highest BCUT2D eigenvalue weighted by Gasteiger charge is 2.21. The molecule has 3 rings (SSSR count). The first-order valence-electron chi connectivity index (χ1n) is 8.31. The molecule has 0 aliphatic carbocycles. The smallest absolute Gasteiger partial charge is 0.278 e. The summed E-state index contributed by atoms with van der Waals surface area (Å²) in [6.07, 6.45) is 6.08. The number of nitrogens with two attached hydrogens (primary N) is 2. The molecule has 0 saturated heterocycles. The van der Waals surface area contributed by atoms with Gasteiger partial charge in [-0.2, -0.15) is 5.10 Å². The number of anilines is 2. The number of nitrogen functional groups attached to an aromatic ring is 1. The van der Waals surface area contributed by atoms with E-state index in [4.69, 9.17) is 16.2 Å². The molecule has 1 amide bonds. The van der Waals surface area contributed by atoms with Crippen LogP contribution in [-0.4, -0.2) is 38.8 Å². The van der Waals surface area contributed by atoms with Crippen LogP contribution in [0.4, 0.5) is 11.5 Å². The molecule has 27 heavy (non-hydrogen) atoms. The molecule has 3 aromatic rings. The number of hydrogen-bond donors (Lipinski definition) is 3. The number of benzene rings is 1. The summed E-state index contributed by atoms with van der Waals surface area (Å²) < 4.78 is 6.99. The second-order valence-electron chi connectivity index (χ2n) is 6.03. The molecule has 0 saturated carbocycles. The third kappa shape index (κ3) is 4.04. The SMILES string of the molecule is COc1cccc(C(C(C)N)n2cc(NC(=O)c3nccnc3N)cn2)c1. The van der Waals surface area contributed by atoms with E-state index < -0.39 is 5.91 Å². The van der Waals surface area contributed by atoms with Crippen LogP contribution < -0.4 is 21.5 Å². The topological polar surface area (TPSA) is 134 Å². The molecular weight excluding hydrogens is 346 g/mol. The van der Waals surface area contributed by atoms with Gasteiger partial charge in [-0.05, 0) is 24.6 Å². The molecule has 0 bridgehead atoms. The molecule has 0 spiro atoms. The molecule has 0 aliphatic heterocycles. The van der Waals surface area contributed by atoms with E-state index in [2.05, 4.69) is 20.4 Å². The lowest BCUT2D eigenvalue weighted by molar-refractivity contribution is 0.102. The van der Waals surface area contributed by atoms with Gasteiger partial charge >= 0.3 is 0 Å². The first-order valence-corrected chi connectivity index (χ1v) is 8.31. The van der Waals surface area contributed by atoms with Gasteiger partial charge in [-0.1, -0.05) is 12.1 Å². The van der Waals surface area contributed by atoms with Crippen molar-refractivity contribution < 1.29 is 9.53 Å². The quantitative estimate of drug-likeness (QED) is 0.600. The summed E-state index contributed by atoms with van der Waals surface area (Å²) in [5, 5.41) is 7.07. The van der Waals surface area contributed by atoms with Crippen molar-refractivity contribution in [2.75, 3.05) is 18.2 Å². The van der Waals surface area contributed by atoms with Crippen molar-refractivity contribution in [2.45, 2.75) is 19.0 Å². The maximum absolute atomic E-state index is 12.3. The summed E-state index contributed by atoms with van der Waals surface area (Å²) in [4.78, 5) is 20.1. The molecule has 9 heteroatoms. The van der Waals surface area contributed by atoms with Crippen LogP contribution >= 0.6 is 0 Å².